The molecule has 2 atom stereocenters. The van der Waals surface area contributed by atoms with Crippen molar-refractivity contribution in [2.24, 2.45) is 0 Å². The van der Waals surface area contributed by atoms with E-state index in [0.29, 0.717) is 0 Å². The minimum Gasteiger partial charge on any atom is -0.437 e. The lowest BCUT2D eigenvalue weighted by Gasteiger charge is -2.43. The van der Waals surface area contributed by atoms with E-state index in [1.54, 1.807) is 7.11 Å². The summed E-state index contributed by atoms with van der Waals surface area (Å²) in [7, 11) is -9.35. The summed E-state index contributed by atoms with van der Waals surface area (Å²) in [5.74, 6) is 0. The van der Waals surface area contributed by atoms with Gasteiger partial charge in [0, 0.05) is 13.7 Å². The van der Waals surface area contributed by atoms with Crippen LogP contribution in [0.4, 0.5) is 0 Å². The molecule has 0 amide bonds. The van der Waals surface area contributed by atoms with Crippen LogP contribution < -0.4 is 0 Å². The first kappa shape index (κ1) is 29.9. The summed E-state index contributed by atoms with van der Waals surface area (Å²) in [6.45, 7) is 24.0. The van der Waals surface area contributed by atoms with Gasteiger partial charge in [-0.3, -0.25) is 0 Å². The first-order chi connectivity index (χ1) is 12.9. The smallest absolute Gasteiger partial charge is 0.437 e. The van der Waals surface area contributed by atoms with E-state index < -0.39 is 42.6 Å². The van der Waals surface area contributed by atoms with Crippen molar-refractivity contribution in [3.05, 3.63) is 0 Å². The lowest BCUT2D eigenvalue weighted by Crippen LogP contribution is -2.61. The Morgan fingerprint density at radius 3 is 1.48 bits per heavy atom. The third-order valence-electron chi connectivity index (χ3n) is 4.26. The molecule has 0 saturated heterocycles. The van der Waals surface area contributed by atoms with Crippen molar-refractivity contribution in [3.8, 4) is 0 Å². The summed E-state index contributed by atoms with van der Waals surface area (Å²) in [6.07, 6.45) is 7.56. The Morgan fingerprint density at radius 2 is 1.03 bits per heavy atom. The van der Waals surface area contributed by atoms with Crippen molar-refractivity contribution in [1.82, 2.24) is 0 Å². The van der Waals surface area contributed by atoms with Crippen molar-refractivity contribution >= 4 is 42.6 Å². The van der Waals surface area contributed by atoms with Crippen molar-refractivity contribution in [2.75, 3.05) is 7.11 Å². The molecule has 176 valence electrons. The van der Waals surface area contributed by atoms with Crippen molar-refractivity contribution in [1.29, 1.82) is 0 Å². The minimum absolute atomic E-state index is 0.964. The topological polar surface area (TPSA) is 46.2 Å². The maximum absolute atomic E-state index is 6.80. The van der Waals surface area contributed by atoms with Crippen LogP contribution in [-0.4, -0.2) is 49.7 Å². The molecular weight excluding hydrogens is 449 g/mol. The van der Waals surface area contributed by atoms with E-state index in [2.05, 4.69) is 65.8 Å². The zero-order valence-corrected chi connectivity index (χ0v) is 26.5. The highest BCUT2D eigenvalue weighted by Gasteiger charge is 2.50. The quantitative estimate of drug-likeness (QED) is 0.168. The molecule has 0 radical (unpaired) electrons. The normalized spacial score (nSPS) is 17.8. The van der Waals surface area contributed by atoms with E-state index in [-0.39, 0.29) is 0 Å². The molecule has 0 fully saturated rings. The molecular formula is C19H50O5Si5. The fourth-order valence-corrected chi connectivity index (χ4v) is 25.3. The second-order valence-electron chi connectivity index (χ2n) is 10.8. The summed E-state index contributed by atoms with van der Waals surface area (Å²) in [4.78, 5) is 0. The molecule has 0 aliphatic heterocycles. The fraction of sp³-hybridized carbons (Fsp3) is 1.00. The van der Waals surface area contributed by atoms with E-state index >= 15 is 0 Å². The van der Waals surface area contributed by atoms with Gasteiger partial charge in [-0.15, -0.1) is 0 Å². The number of unbranched alkanes of at least 4 members (excludes halogenated alkanes) is 5. The molecule has 10 heteroatoms. The van der Waals surface area contributed by atoms with Crippen LogP contribution in [0.1, 0.15) is 45.4 Å². The summed E-state index contributed by atoms with van der Waals surface area (Å²) >= 11 is 0. The van der Waals surface area contributed by atoms with Gasteiger partial charge in [0.25, 0.3) is 0 Å². The van der Waals surface area contributed by atoms with Gasteiger partial charge in [0.2, 0.25) is 0 Å². The Labute approximate surface area is 187 Å². The molecule has 0 aromatic heterocycles. The van der Waals surface area contributed by atoms with E-state index in [1.807, 2.05) is 6.55 Å². The van der Waals surface area contributed by atoms with E-state index in [0.717, 1.165) is 12.5 Å². The van der Waals surface area contributed by atoms with Gasteiger partial charge in [-0.1, -0.05) is 45.4 Å². The molecule has 0 N–H and O–H groups in total. The molecule has 0 aliphatic rings. The van der Waals surface area contributed by atoms with E-state index in [1.165, 1.54) is 32.1 Å². The molecule has 0 aliphatic carbocycles. The van der Waals surface area contributed by atoms with E-state index in [4.69, 9.17) is 20.9 Å². The molecule has 0 aromatic carbocycles. The standard InChI is InChI=1S/C19H50O5Si5/c1-13-14-15-16-17-18-19-28(11,23-27(9,10)21-25(3,4)5)24-29(12,20-2)22-26(6,7)8/h13-19H2,1-12H3. The van der Waals surface area contributed by atoms with Crippen molar-refractivity contribution < 1.29 is 20.9 Å². The zero-order chi connectivity index (χ0) is 23.0. The van der Waals surface area contributed by atoms with Crippen LogP contribution in [0.25, 0.3) is 0 Å². The summed E-state index contributed by atoms with van der Waals surface area (Å²) in [6, 6.07) is 0.964. The summed E-state index contributed by atoms with van der Waals surface area (Å²) in [5, 5.41) is 0. The molecule has 0 spiro atoms. The van der Waals surface area contributed by atoms with Crippen LogP contribution in [0, 0.1) is 0 Å². The van der Waals surface area contributed by atoms with Gasteiger partial charge in [-0.25, -0.2) is 0 Å². The van der Waals surface area contributed by atoms with Crippen molar-refractivity contribution in [3.63, 3.8) is 0 Å². The minimum atomic E-state index is -2.76. The van der Waals surface area contributed by atoms with Crippen LogP contribution in [0.5, 0.6) is 0 Å². The highest BCUT2D eigenvalue weighted by Crippen LogP contribution is 2.30. The molecule has 0 aromatic rings. The molecule has 2 unspecified atom stereocenters. The first-order valence-electron chi connectivity index (χ1n) is 11.3. The fourth-order valence-electron chi connectivity index (χ4n) is 3.68. The third kappa shape index (κ3) is 15.3. The number of hydrogen-bond acceptors (Lipinski definition) is 5. The van der Waals surface area contributed by atoms with Crippen LogP contribution >= 0.6 is 0 Å². The lowest BCUT2D eigenvalue weighted by molar-refractivity contribution is 0.184. The molecule has 29 heavy (non-hydrogen) atoms. The highest BCUT2D eigenvalue weighted by molar-refractivity contribution is 6.89. The summed E-state index contributed by atoms with van der Waals surface area (Å²) < 4.78 is 32.3. The van der Waals surface area contributed by atoms with Crippen LogP contribution in [-0.2, 0) is 20.9 Å². The van der Waals surface area contributed by atoms with Crippen LogP contribution in [0.2, 0.25) is 71.5 Å². The average Bonchev–Trinajstić information content (AvgIpc) is 2.45. The Bertz CT molecular complexity index is 467. The lowest BCUT2D eigenvalue weighted by atomic mass is 10.1. The molecule has 0 rings (SSSR count). The third-order valence-corrected chi connectivity index (χ3v) is 21.5. The van der Waals surface area contributed by atoms with E-state index in [9.17, 15) is 0 Å². The van der Waals surface area contributed by atoms with Gasteiger partial charge < -0.3 is 20.9 Å². The second kappa shape index (κ2) is 12.2. The Hall–Kier alpha value is 0.884. The van der Waals surface area contributed by atoms with Crippen molar-refractivity contribution in [2.45, 2.75) is 117 Å². The highest BCUT2D eigenvalue weighted by atomic mass is 28.5. The Kier molecular flexibility index (Phi) is 12.6. The van der Waals surface area contributed by atoms with Crippen LogP contribution in [0.15, 0.2) is 0 Å². The molecule has 0 saturated carbocycles. The van der Waals surface area contributed by atoms with Gasteiger partial charge in [-0.05, 0) is 65.0 Å². The number of hydrogen-bond donors (Lipinski definition) is 0. The van der Waals surface area contributed by atoms with Gasteiger partial charge in [0.05, 0.1) is 0 Å². The predicted molar refractivity (Wildman–Crippen MR) is 137 cm³/mol. The number of rotatable bonds is 16. The van der Waals surface area contributed by atoms with Crippen LogP contribution in [0.3, 0.4) is 0 Å². The molecule has 0 bridgehead atoms. The first-order valence-corrected chi connectivity index (χ1v) is 25.7. The van der Waals surface area contributed by atoms with Gasteiger partial charge >= 0.3 is 25.9 Å². The zero-order valence-electron chi connectivity index (χ0n) is 21.5. The van der Waals surface area contributed by atoms with Gasteiger partial charge in [0.15, 0.2) is 16.6 Å². The maximum Gasteiger partial charge on any atom is 0.478 e. The second-order valence-corrected chi connectivity index (χ2v) is 30.2. The van der Waals surface area contributed by atoms with Gasteiger partial charge in [-0.2, -0.15) is 0 Å². The Balaban J connectivity index is 5.34. The molecule has 5 nitrogen and oxygen atoms in total. The Morgan fingerprint density at radius 1 is 0.552 bits per heavy atom. The average molecular weight is 499 g/mol. The summed E-state index contributed by atoms with van der Waals surface area (Å²) in [5.41, 5.74) is 0. The van der Waals surface area contributed by atoms with Gasteiger partial charge in [0.1, 0.15) is 0 Å². The SMILES string of the molecule is CCCCCCCC[Si](C)(O[Si](C)(C)O[Si](C)(C)C)O[Si](C)(OC)O[Si](C)(C)C. The monoisotopic (exact) mass is 498 g/mol. The predicted octanol–water partition coefficient (Wildman–Crippen LogP) is 7.07. The largest absolute Gasteiger partial charge is 0.478 e. The molecule has 0 heterocycles. The maximum atomic E-state index is 6.80.